The maximum absolute atomic E-state index is 11.0. The van der Waals surface area contributed by atoms with Gasteiger partial charge in [0.15, 0.2) is 0 Å². The highest BCUT2D eigenvalue weighted by atomic mass is 16.2. The predicted octanol–water partition coefficient (Wildman–Crippen LogP) is -0.900. The quantitative estimate of drug-likeness (QED) is 0.560. The van der Waals surface area contributed by atoms with E-state index in [1.807, 2.05) is 19.0 Å². The van der Waals surface area contributed by atoms with Crippen LogP contribution < -0.4 is 5.32 Å². The first-order valence-corrected chi connectivity index (χ1v) is 3.84. The maximum Gasteiger partial charge on any atom is 0.324 e. The molecule has 0 atom stereocenters. The third-order valence-corrected chi connectivity index (χ3v) is 1.71. The van der Waals surface area contributed by atoms with Gasteiger partial charge in [-0.05, 0) is 14.1 Å². The fourth-order valence-corrected chi connectivity index (χ4v) is 0.982. The van der Waals surface area contributed by atoms with Gasteiger partial charge in [0, 0.05) is 13.1 Å². The van der Waals surface area contributed by atoms with Crippen molar-refractivity contribution in [2.45, 2.75) is 0 Å². The molecule has 0 bridgehead atoms. The lowest BCUT2D eigenvalue weighted by atomic mass is 10.5. The van der Waals surface area contributed by atoms with Gasteiger partial charge in [-0.2, -0.15) is 0 Å². The summed E-state index contributed by atoms with van der Waals surface area (Å²) >= 11 is 0. The molecule has 1 saturated heterocycles. The zero-order valence-corrected chi connectivity index (χ0v) is 7.33. The van der Waals surface area contributed by atoms with Crippen LogP contribution in [0, 0.1) is 0 Å². The molecule has 0 aromatic carbocycles. The van der Waals surface area contributed by atoms with Crippen molar-refractivity contribution in [1.29, 1.82) is 0 Å². The Bertz CT molecular complexity index is 187. The van der Waals surface area contributed by atoms with Gasteiger partial charge in [-0.1, -0.05) is 0 Å². The molecule has 5 heteroatoms. The van der Waals surface area contributed by atoms with E-state index < -0.39 is 0 Å². The molecule has 1 rings (SSSR count). The lowest BCUT2D eigenvalue weighted by molar-refractivity contribution is -0.125. The first kappa shape index (κ1) is 8.99. The number of hydrogen-bond acceptors (Lipinski definition) is 3. The highest BCUT2D eigenvalue weighted by Crippen LogP contribution is 1.97. The molecule has 1 fully saturated rings. The molecule has 0 saturated carbocycles. The normalized spacial score (nSPS) is 17.4. The highest BCUT2D eigenvalue weighted by molar-refractivity contribution is 6.01. The minimum absolute atomic E-state index is 0.137. The lowest BCUT2D eigenvalue weighted by Gasteiger charge is -2.15. The first-order chi connectivity index (χ1) is 5.61. The van der Waals surface area contributed by atoms with Crippen molar-refractivity contribution in [3.8, 4) is 0 Å². The largest absolute Gasteiger partial charge is 0.329 e. The van der Waals surface area contributed by atoms with E-state index in [-0.39, 0.29) is 18.5 Å². The number of nitrogens with one attached hydrogen (secondary N) is 1. The summed E-state index contributed by atoms with van der Waals surface area (Å²) in [5.74, 6) is -0.137. The van der Waals surface area contributed by atoms with Crippen LogP contribution in [-0.4, -0.2) is 55.5 Å². The highest BCUT2D eigenvalue weighted by Gasteiger charge is 2.27. The van der Waals surface area contributed by atoms with Gasteiger partial charge in [0.1, 0.15) is 0 Å². The van der Waals surface area contributed by atoms with Crippen LogP contribution in [0.2, 0.25) is 0 Å². The minimum Gasteiger partial charge on any atom is -0.329 e. The summed E-state index contributed by atoms with van der Waals surface area (Å²) in [5, 5.41) is 2.46. The van der Waals surface area contributed by atoms with Gasteiger partial charge in [-0.15, -0.1) is 0 Å². The van der Waals surface area contributed by atoms with Gasteiger partial charge < -0.3 is 10.2 Å². The number of carbonyl (C=O) groups is 2. The SMILES string of the molecule is CN(C)CCN1C(=O)CNC1=O. The molecule has 0 radical (unpaired) electrons. The van der Waals surface area contributed by atoms with E-state index >= 15 is 0 Å². The summed E-state index contributed by atoms with van der Waals surface area (Å²) < 4.78 is 0. The average Bonchev–Trinajstić information content (AvgIpc) is 2.28. The maximum atomic E-state index is 11.0. The molecule has 0 aromatic heterocycles. The van der Waals surface area contributed by atoms with E-state index in [0.717, 1.165) is 0 Å². The van der Waals surface area contributed by atoms with Gasteiger partial charge in [-0.3, -0.25) is 9.69 Å². The Morgan fingerprint density at radius 2 is 2.17 bits per heavy atom. The Hall–Kier alpha value is -1.10. The summed E-state index contributed by atoms with van der Waals surface area (Å²) in [7, 11) is 3.80. The Labute approximate surface area is 71.3 Å². The molecule has 0 spiro atoms. The van der Waals surface area contributed by atoms with Crippen LogP contribution >= 0.6 is 0 Å². The van der Waals surface area contributed by atoms with Gasteiger partial charge in [0.2, 0.25) is 5.91 Å². The van der Waals surface area contributed by atoms with Crippen molar-refractivity contribution in [1.82, 2.24) is 15.1 Å². The van der Waals surface area contributed by atoms with Crippen LogP contribution in [0.5, 0.6) is 0 Å². The Morgan fingerprint density at radius 1 is 1.50 bits per heavy atom. The molecular formula is C7H13N3O2. The lowest BCUT2D eigenvalue weighted by Crippen LogP contribution is -2.36. The number of amides is 3. The third kappa shape index (κ3) is 1.94. The summed E-state index contributed by atoms with van der Waals surface area (Å²) in [4.78, 5) is 25.2. The minimum atomic E-state index is -0.276. The Morgan fingerprint density at radius 3 is 2.58 bits per heavy atom. The molecule has 1 aliphatic heterocycles. The summed E-state index contributed by atoms with van der Waals surface area (Å²) in [6.07, 6.45) is 0. The second-order valence-corrected chi connectivity index (χ2v) is 3.01. The zero-order chi connectivity index (χ0) is 9.14. The van der Waals surface area contributed by atoms with E-state index in [4.69, 9.17) is 0 Å². The molecule has 0 aromatic rings. The third-order valence-electron chi connectivity index (χ3n) is 1.71. The molecule has 1 N–H and O–H groups in total. The van der Waals surface area contributed by atoms with Crippen molar-refractivity contribution >= 4 is 11.9 Å². The second-order valence-electron chi connectivity index (χ2n) is 3.01. The van der Waals surface area contributed by atoms with Gasteiger partial charge in [-0.25, -0.2) is 4.79 Å². The summed E-state index contributed by atoms with van der Waals surface area (Å²) in [5.41, 5.74) is 0. The number of imide groups is 1. The van der Waals surface area contributed by atoms with Crippen LogP contribution in [0.1, 0.15) is 0 Å². The van der Waals surface area contributed by atoms with Crippen molar-refractivity contribution < 1.29 is 9.59 Å². The smallest absolute Gasteiger partial charge is 0.324 e. The monoisotopic (exact) mass is 171 g/mol. The van der Waals surface area contributed by atoms with E-state index in [2.05, 4.69) is 5.32 Å². The molecular weight excluding hydrogens is 158 g/mol. The van der Waals surface area contributed by atoms with Crippen molar-refractivity contribution in [3.63, 3.8) is 0 Å². The predicted molar refractivity (Wildman–Crippen MR) is 43.7 cm³/mol. The van der Waals surface area contributed by atoms with E-state index in [9.17, 15) is 9.59 Å². The fourth-order valence-electron chi connectivity index (χ4n) is 0.982. The van der Waals surface area contributed by atoms with E-state index in [1.54, 1.807) is 0 Å². The molecule has 5 nitrogen and oxygen atoms in total. The summed E-state index contributed by atoms with van der Waals surface area (Å²) in [6, 6.07) is -0.276. The fraction of sp³-hybridized carbons (Fsp3) is 0.714. The number of likely N-dealkylation sites (N-methyl/N-ethyl adjacent to an activating group) is 1. The van der Waals surface area contributed by atoms with Crippen LogP contribution in [0.15, 0.2) is 0 Å². The Balaban J connectivity index is 2.40. The van der Waals surface area contributed by atoms with Gasteiger partial charge >= 0.3 is 6.03 Å². The van der Waals surface area contributed by atoms with E-state index in [1.165, 1.54) is 4.90 Å². The van der Waals surface area contributed by atoms with E-state index in [0.29, 0.717) is 13.1 Å². The standard InChI is InChI=1S/C7H13N3O2/c1-9(2)3-4-10-6(11)5-8-7(10)12/h3-5H2,1-2H3,(H,8,12). The zero-order valence-electron chi connectivity index (χ0n) is 7.33. The molecule has 0 aliphatic carbocycles. The van der Waals surface area contributed by atoms with Crippen LogP contribution in [-0.2, 0) is 4.79 Å². The van der Waals surface area contributed by atoms with Crippen LogP contribution in [0.3, 0.4) is 0 Å². The molecule has 0 unspecified atom stereocenters. The molecule has 68 valence electrons. The van der Waals surface area contributed by atoms with Crippen molar-refractivity contribution in [3.05, 3.63) is 0 Å². The van der Waals surface area contributed by atoms with Crippen molar-refractivity contribution in [2.24, 2.45) is 0 Å². The van der Waals surface area contributed by atoms with Crippen LogP contribution in [0.4, 0.5) is 4.79 Å². The molecule has 3 amide bonds. The molecule has 1 heterocycles. The number of hydrogen-bond donors (Lipinski definition) is 1. The molecule has 12 heavy (non-hydrogen) atoms. The first-order valence-electron chi connectivity index (χ1n) is 3.84. The number of urea groups is 1. The average molecular weight is 171 g/mol. The van der Waals surface area contributed by atoms with Crippen molar-refractivity contribution in [2.75, 3.05) is 33.7 Å². The van der Waals surface area contributed by atoms with Crippen LogP contribution in [0.25, 0.3) is 0 Å². The number of nitrogens with zero attached hydrogens (tertiary/aromatic N) is 2. The topological polar surface area (TPSA) is 52.6 Å². The number of rotatable bonds is 3. The Kier molecular flexibility index (Phi) is 2.65. The van der Waals surface area contributed by atoms with Gasteiger partial charge in [0.25, 0.3) is 0 Å². The second kappa shape index (κ2) is 3.53. The number of carbonyl (C=O) groups excluding carboxylic acids is 2. The molecule has 1 aliphatic rings. The summed E-state index contributed by atoms with van der Waals surface area (Å²) in [6.45, 7) is 1.32. The van der Waals surface area contributed by atoms with Gasteiger partial charge in [0.05, 0.1) is 6.54 Å².